The first-order valence-corrected chi connectivity index (χ1v) is 6.24. The van der Waals surface area contributed by atoms with Crippen molar-refractivity contribution in [3.05, 3.63) is 0 Å². The first kappa shape index (κ1) is 25.9. The third-order valence-electron chi connectivity index (χ3n) is 0. The summed E-state index contributed by atoms with van der Waals surface area (Å²) in [5.74, 6) is 0. The Morgan fingerprint density at radius 3 is 0.625 bits per heavy atom. The van der Waals surface area contributed by atoms with Gasteiger partial charge >= 0.3 is 72.2 Å². The van der Waals surface area contributed by atoms with Gasteiger partial charge in [0.05, 0.1) is 0 Å². The normalized spacial score (nSPS) is 10.9. The van der Waals surface area contributed by atoms with Gasteiger partial charge in [-0.15, -0.1) is 0 Å². The van der Waals surface area contributed by atoms with Crippen LogP contribution in [0.2, 0.25) is 0 Å². The fraction of sp³-hybridized carbons (Fsp3) is 0. The molecule has 0 aromatic carbocycles. The van der Waals surface area contributed by atoms with E-state index >= 15 is 0 Å². The summed E-state index contributed by atoms with van der Waals surface area (Å²) in [5, 5.41) is 0. The zero-order valence-electron chi connectivity index (χ0n) is 7.32. The average Bonchev–Trinajstić information content (AvgIpc) is 1.41. The van der Waals surface area contributed by atoms with E-state index in [9.17, 15) is 0 Å². The van der Waals surface area contributed by atoms with Crippen molar-refractivity contribution in [3.63, 3.8) is 0 Å². The van der Waals surface area contributed by atoms with E-state index in [1.54, 1.807) is 0 Å². The Kier molecular flexibility index (Phi) is 16.5. The van der Waals surface area contributed by atoms with Crippen molar-refractivity contribution in [2.24, 2.45) is 0 Å². The van der Waals surface area contributed by atoms with Crippen LogP contribution in [0.3, 0.4) is 0 Å². The quantitative estimate of drug-likeness (QED) is 0.159. The van der Waals surface area contributed by atoms with Crippen LogP contribution in [-0.4, -0.2) is 52.6 Å². The molecule has 0 saturated heterocycles. The zero-order valence-corrected chi connectivity index (χ0v) is 12.9. The average molecular weight is 332 g/mol. The molecule has 0 aromatic rings. The van der Waals surface area contributed by atoms with Gasteiger partial charge in [-0.2, -0.15) is 16.8 Å². The molecule has 0 fully saturated rings. The molecule has 0 aromatic heterocycles. The van der Waals surface area contributed by atoms with Gasteiger partial charge in [-0.3, -0.25) is 22.8 Å². The van der Waals surface area contributed by atoms with Crippen molar-refractivity contribution in [3.8, 4) is 0 Å². The maximum Gasteiger partial charge on any atom is 1.00 e. The maximum absolute atomic E-state index is 8.74. The van der Waals surface area contributed by atoms with E-state index in [1.165, 1.54) is 0 Å². The summed E-state index contributed by atoms with van der Waals surface area (Å²) < 4.78 is 96.0. The van der Waals surface area contributed by atoms with Gasteiger partial charge in [0, 0.05) is 0 Å². The molecule has 12 nitrogen and oxygen atoms in total. The van der Waals surface area contributed by atoms with Gasteiger partial charge in [0.15, 0.2) is 0 Å². The fourth-order valence-electron chi connectivity index (χ4n) is 0. The second kappa shape index (κ2) is 10.2. The van der Waals surface area contributed by atoms with E-state index in [2.05, 4.69) is 0 Å². The second-order valence-electron chi connectivity index (χ2n) is 1.32. The second-order valence-corrected chi connectivity index (χ2v) is 3.97. The molecule has 0 spiro atoms. The molecular formula is H5KO12S3. The summed E-state index contributed by atoms with van der Waals surface area (Å²) in [5.41, 5.74) is 0. The molecule has 0 heterocycles. The molecule has 0 atom stereocenters. The largest absolute Gasteiger partial charge is 1.00 e. The summed E-state index contributed by atoms with van der Waals surface area (Å²) >= 11 is 0. The number of hydrogen-bond donors (Lipinski definition) is 5. The van der Waals surface area contributed by atoms with E-state index in [0.717, 1.165) is 0 Å². The minimum absolute atomic E-state index is 0. The molecule has 96 valence electrons. The van der Waals surface area contributed by atoms with Gasteiger partial charge < -0.3 is 4.55 Å². The molecule has 16 heavy (non-hydrogen) atoms. The first-order valence-electron chi connectivity index (χ1n) is 2.08. The summed E-state index contributed by atoms with van der Waals surface area (Å²) in [7, 11) is -14.2. The van der Waals surface area contributed by atoms with Crippen molar-refractivity contribution in [2.75, 3.05) is 0 Å². The third kappa shape index (κ3) is 1990. The summed E-state index contributed by atoms with van der Waals surface area (Å²) in [6.45, 7) is 0. The van der Waals surface area contributed by atoms with Crippen LogP contribution in [0.25, 0.3) is 0 Å². The van der Waals surface area contributed by atoms with E-state index in [4.69, 9.17) is 52.6 Å². The van der Waals surface area contributed by atoms with Gasteiger partial charge in [0.2, 0.25) is 10.4 Å². The Morgan fingerprint density at radius 1 is 0.625 bits per heavy atom. The van der Waals surface area contributed by atoms with Crippen LogP contribution in [0.1, 0.15) is 0 Å². The van der Waals surface area contributed by atoms with Crippen LogP contribution in [0, 0.1) is 0 Å². The topological polar surface area (TPSA) is 227 Å². The molecule has 0 amide bonds. The Bertz CT molecular complexity index is 337. The Balaban J connectivity index is -0.0000000655. The minimum atomic E-state index is -4.92. The maximum atomic E-state index is 8.74. The van der Waals surface area contributed by atoms with Gasteiger partial charge in [-0.25, -0.2) is 8.42 Å². The van der Waals surface area contributed by atoms with Crippen LogP contribution in [0.5, 0.6) is 0 Å². The SMILES string of the molecule is O=S(=O)(O)O.O=S(=O)(O)O.O=S(=O)([O-])O.[K+]. The van der Waals surface area contributed by atoms with Crippen molar-refractivity contribution < 1.29 is 104 Å². The summed E-state index contributed by atoms with van der Waals surface area (Å²) in [6, 6.07) is 0. The van der Waals surface area contributed by atoms with Crippen molar-refractivity contribution in [2.45, 2.75) is 0 Å². The molecule has 0 aliphatic carbocycles. The molecule has 0 aliphatic heterocycles. The van der Waals surface area contributed by atoms with Gasteiger partial charge in [0.25, 0.3) is 0 Å². The standard InChI is InChI=1S/K.3H2O4S/c;3*1-5(2,3)4/h;3*(H2,1,2,3,4)/q+1;;;/p-1. The zero-order chi connectivity index (χ0) is 13.5. The Hall–Kier alpha value is 1.25. The van der Waals surface area contributed by atoms with Crippen LogP contribution in [-0.2, 0) is 31.2 Å². The van der Waals surface area contributed by atoms with E-state index in [0.29, 0.717) is 0 Å². The molecule has 0 unspecified atom stereocenters. The third-order valence-corrected chi connectivity index (χ3v) is 0. The molecule has 0 bridgehead atoms. The molecule has 5 N–H and O–H groups in total. The Morgan fingerprint density at radius 2 is 0.625 bits per heavy atom. The molecule has 0 saturated carbocycles. The monoisotopic (exact) mass is 332 g/mol. The van der Waals surface area contributed by atoms with Gasteiger partial charge in [-0.1, -0.05) is 0 Å². The summed E-state index contributed by atoms with van der Waals surface area (Å²) in [4.78, 5) is 0. The van der Waals surface area contributed by atoms with Crippen molar-refractivity contribution in [1.82, 2.24) is 0 Å². The summed E-state index contributed by atoms with van der Waals surface area (Å²) in [6.07, 6.45) is 0. The molecule has 16 heteroatoms. The fourth-order valence-corrected chi connectivity index (χ4v) is 0. The predicted octanol–water partition coefficient (Wildman–Crippen LogP) is -5.30. The molecule has 0 radical (unpaired) electrons. The van der Waals surface area contributed by atoms with Crippen molar-refractivity contribution in [1.29, 1.82) is 0 Å². The van der Waals surface area contributed by atoms with Gasteiger partial charge in [-0.05, 0) is 0 Å². The first-order chi connectivity index (χ1) is 6.00. The molecule has 0 rings (SSSR count). The van der Waals surface area contributed by atoms with E-state index in [1.807, 2.05) is 0 Å². The van der Waals surface area contributed by atoms with Crippen LogP contribution in [0.4, 0.5) is 0 Å². The van der Waals surface area contributed by atoms with Crippen LogP contribution < -0.4 is 51.4 Å². The molecular weight excluding hydrogens is 327 g/mol. The van der Waals surface area contributed by atoms with E-state index < -0.39 is 31.2 Å². The smallest absolute Gasteiger partial charge is 0.726 e. The Labute approximate surface area is 133 Å². The minimum Gasteiger partial charge on any atom is -0.726 e. The van der Waals surface area contributed by atoms with Crippen LogP contribution >= 0.6 is 0 Å². The molecule has 0 aliphatic rings. The van der Waals surface area contributed by atoms with Crippen LogP contribution in [0.15, 0.2) is 0 Å². The number of hydrogen-bond acceptors (Lipinski definition) is 7. The predicted molar refractivity (Wildman–Crippen MR) is 40.7 cm³/mol. The van der Waals surface area contributed by atoms with Crippen molar-refractivity contribution >= 4 is 31.2 Å². The van der Waals surface area contributed by atoms with E-state index in [-0.39, 0.29) is 51.4 Å². The van der Waals surface area contributed by atoms with Gasteiger partial charge in [0.1, 0.15) is 0 Å². The number of rotatable bonds is 0.